The molecule has 0 saturated heterocycles. The molecule has 2 saturated carbocycles. The fraction of sp³-hybridized carbons (Fsp3) is 0.455. The Balaban J connectivity index is 1.52. The number of benzene rings is 2. The third-order valence-electron chi connectivity index (χ3n) is 6.70. The minimum Gasteiger partial charge on any atom is -0.265 e. The van der Waals surface area contributed by atoms with Crippen molar-refractivity contribution in [3.63, 3.8) is 0 Å². The van der Waals surface area contributed by atoms with Crippen LogP contribution in [0.25, 0.3) is 0 Å². The second-order valence-electron chi connectivity index (χ2n) is 8.59. The quantitative estimate of drug-likeness (QED) is 0.733. The van der Waals surface area contributed by atoms with Crippen molar-refractivity contribution in [2.45, 2.75) is 65.4 Å². The van der Waals surface area contributed by atoms with E-state index in [1.807, 2.05) is 18.2 Å². The van der Waals surface area contributed by atoms with Gasteiger partial charge in [0.1, 0.15) is 0 Å². The van der Waals surface area contributed by atoms with Gasteiger partial charge in [0, 0.05) is 12.0 Å². The standard InChI is InChI=1S/C22H25NO4S2/c24-28(25,17-8-9-17)18-10-12-19(13-11-18)29(26,27)23-16-22(14-4-1-5-15-22)20-6-2-3-7-21(20)23/h2-3,6-7,10-13,17H,1,4-5,8-9,14-16H2. The maximum atomic E-state index is 13.5. The van der Waals surface area contributed by atoms with E-state index in [1.54, 1.807) is 0 Å². The lowest BCUT2D eigenvalue weighted by atomic mass is 9.71. The predicted octanol–water partition coefficient (Wildman–Crippen LogP) is 4.03. The summed E-state index contributed by atoms with van der Waals surface area (Å²) < 4.78 is 53.4. The van der Waals surface area contributed by atoms with Crippen molar-refractivity contribution in [3.05, 3.63) is 54.1 Å². The molecule has 2 aliphatic carbocycles. The number of para-hydroxylation sites is 1. The van der Waals surface area contributed by atoms with Crippen molar-refractivity contribution in [3.8, 4) is 0 Å². The Kier molecular flexibility index (Phi) is 4.33. The van der Waals surface area contributed by atoms with Crippen LogP contribution in [0.3, 0.4) is 0 Å². The molecule has 2 fully saturated rings. The molecule has 0 unspecified atom stereocenters. The molecule has 0 N–H and O–H groups in total. The van der Waals surface area contributed by atoms with Crippen LogP contribution in [-0.4, -0.2) is 28.6 Å². The lowest BCUT2D eigenvalue weighted by Crippen LogP contribution is -2.38. The summed E-state index contributed by atoms with van der Waals surface area (Å²) in [5, 5.41) is -0.304. The molecule has 7 heteroatoms. The summed E-state index contributed by atoms with van der Waals surface area (Å²) in [6, 6.07) is 13.6. The number of nitrogens with zero attached hydrogens (tertiary/aromatic N) is 1. The summed E-state index contributed by atoms with van der Waals surface area (Å²) in [6.07, 6.45) is 6.84. The van der Waals surface area contributed by atoms with Gasteiger partial charge in [0.25, 0.3) is 10.0 Å². The molecular weight excluding hydrogens is 406 g/mol. The number of rotatable bonds is 4. The molecule has 1 spiro atoms. The summed E-state index contributed by atoms with van der Waals surface area (Å²) in [6.45, 7) is 0.469. The maximum absolute atomic E-state index is 13.5. The molecule has 0 radical (unpaired) electrons. The molecule has 0 amide bonds. The Morgan fingerprint density at radius 1 is 0.793 bits per heavy atom. The van der Waals surface area contributed by atoms with Crippen LogP contribution >= 0.6 is 0 Å². The highest BCUT2D eigenvalue weighted by Gasteiger charge is 2.47. The van der Waals surface area contributed by atoms with Gasteiger partial charge in [-0.2, -0.15) is 0 Å². The van der Waals surface area contributed by atoms with Crippen LogP contribution in [0.15, 0.2) is 58.3 Å². The number of hydrogen-bond donors (Lipinski definition) is 0. The number of anilines is 1. The van der Waals surface area contributed by atoms with Gasteiger partial charge in [-0.15, -0.1) is 0 Å². The van der Waals surface area contributed by atoms with Crippen LogP contribution < -0.4 is 4.31 Å². The fourth-order valence-corrected chi connectivity index (χ4v) is 8.18. The summed E-state index contributed by atoms with van der Waals surface area (Å²) in [5.41, 5.74) is 1.80. The third kappa shape index (κ3) is 3.01. The van der Waals surface area contributed by atoms with Crippen LogP contribution in [-0.2, 0) is 25.3 Å². The van der Waals surface area contributed by atoms with Crippen molar-refractivity contribution in [2.75, 3.05) is 10.8 Å². The zero-order valence-corrected chi connectivity index (χ0v) is 17.9. The van der Waals surface area contributed by atoms with E-state index in [2.05, 4.69) is 6.07 Å². The van der Waals surface area contributed by atoms with Crippen molar-refractivity contribution in [1.82, 2.24) is 0 Å². The zero-order valence-electron chi connectivity index (χ0n) is 16.2. The van der Waals surface area contributed by atoms with Crippen LogP contribution in [0.4, 0.5) is 5.69 Å². The van der Waals surface area contributed by atoms with E-state index in [0.717, 1.165) is 36.9 Å². The molecule has 1 aliphatic heterocycles. The first-order valence-corrected chi connectivity index (χ1v) is 13.3. The molecule has 1 heterocycles. The first-order valence-electron chi connectivity index (χ1n) is 10.3. The van der Waals surface area contributed by atoms with E-state index in [-0.39, 0.29) is 20.5 Å². The molecule has 2 aromatic carbocycles. The molecule has 0 bridgehead atoms. The highest BCUT2D eigenvalue weighted by Crippen LogP contribution is 2.50. The molecule has 5 nitrogen and oxygen atoms in total. The molecular formula is C22H25NO4S2. The largest absolute Gasteiger partial charge is 0.265 e. The monoisotopic (exact) mass is 431 g/mol. The Morgan fingerprint density at radius 3 is 2.07 bits per heavy atom. The number of sulfonamides is 1. The molecule has 5 rings (SSSR count). The molecule has 0 atom stereocenters. The second kappa shape index (κ2) is 6.57. The average molecular weight is 432 g/mol. The molecule has 3 aliphatic rings. The van der Waals surface area contributed by atoms with Crippen LogP contribution in [0.1, 0.15) is 50.5 Å². The first kappa shape index (κ1) is 19.1. The molecule has 154 valence electrons. The Bertz CT molecular complexity index is 1140. The predicted molar refractivity (Wildman–Crippen MR) is 112 cm³/mol. The number of sulfone groups is 1. The zero-order chi connectivity index (χ0) is 20.3. The van der Waals surface area contributed by atoms with Crippen molar-refractivity contribution >= 4 is 25.5 Å². The van der Waals surface area contributed by atoms with E-state index in [1.165, 1.54) is 35.0 Å². The second-order valence-corrected chi connectivity index (χ2v) is 12.7. The van der Waals surface area contributed by atoms with Crippen molar-refractivity contribution in [1.29, 1.82) is 0 Å². The van der Waals surface area contributed by atoms with Gasteiger partial charge < -0.3 is 0 Å². The van der Waals surface area contributed by atoms with Gasteiger partial charge in [0.15, 0.2) is 9.84 Å². The Morgan fingerprint density at radius 2 is 1.41 bits per heavy atom. The van der Waals surface area contributed by atoms with Crippen molar-refractivity contribution in [2.24, 2.45) is 0 Å². The first-order chi connectivity index (χ1) is 13.8. The number of fused-ring (bicyclic) bond motifs is 2. The smallest absolute Gasteiger partial charge is 0.264 e. The van der Waals surface area contributed by atoms with Crippen LogP contribution in [0.2, 0.25) is 0 Å². The van der Waals surface area contributed by atoms with Gasteiger partial charge in [-0.25, -0.2) is 16.8 Å². The van der Waals surface area contributed by atoms with E-state index in [4.69, 9.17) is 0 Å². The van der Waals surface area contributed by atoms with Crippen molar-refractivity contribution < 1.29 is 16.8 Å². The minimum absolute atomic E-state index is 0.100. The average Bonchev–Trinajstić information content (AvgIpc) is 3.55. The lowest BCUT2D eigenvalue weighted by molar-refractivity contribution is 0.315. The fourth-order valence-electron chi connectivity index (χ4n) is 4.95. The summed E-state index contributed by atoms with van der Waals surface area (Å²) in [7, 11) is -7.08. The van der Waals surface area contributed by atoms with E-state index in [9.17, 15) is 16.8 Å². The summed E-state index contributed by atoms with van der Waals surface area (Å²) in [4.78, 5) is 0.361. The van der Waals surface area contributed by atoms with E-state index in [0.29, 0.717) is 19.4 Å². The van der Waals surface area contributed by atoms with Gasteiger partial charge >= 0.3 is 0 Å². The molecule has 29 heavy (non-hydrogen) atoms. The summed E-state index contributed by atoms with van der Waals surface area (Å²) in [5.74, 6) is 0. The van der Waals surface area contributed by atoms with Crippen LogP contribution in [0, 0.1) is 0 Å². The SMILES string of the molecule is O=S(=O)(c1ccc(S(=O)(=O)N2CC3(CCCCC3)c3ccccc32)cc1)C1CC1. The topological polar surface area (TPSA) is 71.5 Å². The lowest BCUT2D eigenvalue weighted by Gasteiger charge is -2.34. The van der Waals surface area contributed by atoms with Gasteiger partial charge in [-0.3, -0.25) is 4.31 Å². The third-order valence-corrected chi connectivity index (χ3v) is 10.8. The Labute approximate surface area is 172 Å². The summed E-state index contributed by atoms with van der Waals surface area (Å²) >= 11 is 0. The molecule has 0 aromatic heterocycles. The van der Waals surface area contributed by atoms with Gasteiger partial charge in [-0.05, 0) is 61.6 Å². The number of hydrogen-bond acceptors (Lipinski definition) is 4. The normalized spacial score (nSPS) is 21.3. The maximum Gasteiger partial charge on any atom is 0.264 e. The Hall–Kier alpha value is -1.86. The van der Waals surface area contributed by atoms with Gasteiger partial charge in [0.05, 0.1) is 20.7 Å². The van der Waals surface area contributed by atoms with Gasteiger partial charge in [-0.1, -0.05) is 37.5 Å². The molecule has 2 aromatic rings. The van der Waals surface area contributed by atoms with Gasteiger partial charge in [0.2, 0.25) is 0 Å². The minimum atomic E-state index is -3.76. The van der Waals surface area contributed by atoms with Crippen LogP contribution in [0.5, 0.6) is 0 Å². The van der Waals surface area contributed by atoms with E-state index >= 15 is 0 Å². The highest BCUT2D eigenvalue weighted by molar-refractivity contribution is 7.93. The highest BCUT2D eigenvalue weighted by atomic mass is 32.2. The van der Waals surface area contributed by atoms with E-state index < -0.39 is 19.9 Å².